The predicted octanol–water partition coefficient (Wildman–Crippen LogP) is 1.21. The van der Waals surface area contributed by atoms with Crippen molar-refractivity contribution in [1.29, 1.82) is 0 Å². The molecule has 21 heavy (non-hydrogen) atoms. The number of carbonyl (C=O) groups is 2. The van der Waals surface area contributed by atoms with Gasteiger partial charge in [0, 0.05) is 17.4 Å². The molecule has 0 aromatic heterocycles. The molecule has 0 spiro atoms. The van der Waals surface area contributed by atoms with E-state index in [-0.39, 0.29) is 18.9 Å². The number of esters is 1. The van der Waals surface area contributed by atoms with Gasteiger partial charge in [-0.15, -0.1) is 0 Å². The number of rotatable bonds is 3. The lowest BCUT2D eigenvalue weighted by molar-refractivity contribution is -0.145. The number of benzene rings is 1. The standard InChI is InChI=1S/C14H16BrNO5/c1-20-9-3-4-11(15)10(6-9)13(18)16-7-8(17)5-12(16)14(19)21-2/h3-4,6,8,12,17H,5,7H2,1-2H3. The zero-order valence-electron chi connectivity index (χ0n) is 11.7. The van der Waals surface area contributed by atoms with Gasteiger partial charge >= 0.3 is 5.97 Å². The van der Waals surface area contributed by atoms with Gasteiger partial charge in [0.15, 0.2) is 0 Å². The maximum Gasteiger partial charge on any atom is 0.328 e. The van der Waals surface area contributed by atoms with Crippen molar-refractivity contribution >= 4 is 27.8 Å². The number of likely N-dealkylation sites (tertiary alicyclic amines) is 1. The van der Waals surface area contributed by atoms with Crippen molar-refractivity contribution in [1.82, 2.24) is 4.90 Å². The SMILES string of the molecule is COC(=O)C1CC(O)CN1C(=O)c1cc(OC)ccc1Br. The zero-order chi connectivity index (χ0) is 15.6. The molecule has 1 aliphatic heterocycles. The molecule has 1 N–H and O–H groups in total. The summed E-state index contributed by atoms with van der Waals surface area (Å²) in [5, 5.41) is 9.74. The van der Waals surface area contributed by atoms with Gasteiger partial charge in [0.05, 0.1) is 25.9 Å². The Morgan fingerprint density at radius 3 is 2.71 bits per heavy atom. The van der Waals surface area contributed by atoms with Crippen LogP contribution in [0, 0.1) is 0 Å². The van der Waals surface area contributed by atoms with Crippen molar-refractivity contribution in [2.24, 2.45) is 0 Å². The number of hydrogen-bond acceptors (Lipinski definition) is 5. The van der Waals surface area contributed by atoms with Gasteiger partial charge in [-0.1, -0.05) is 0 Å². The normalized spacial score (nSPS) is 21.2. The first-order chi connectivity index (χ1) is 9.97. The maximum absolute atomic E-state index is 12.6. The van der Waals surface area contributed by atoms with Gasteiger partial charge in [-0.05, 0) is 34.1 Å². The zero-order valence-corrected chi connectivity index (χ0v) is 13.3. The van der Waals surface area contributed by atoms with E-state index in [0.717, 1.165) is 0 Å². The molecule has 1 heterocycles. The second-order valence-corrected chi connectivity index (χ2v) is 5.59. The van der Waals surface area contributed by atoms with E-state index in [2.05, 4.69) is 15.9 Å². The second-order valence-electron chi connectivity index (χ2n) is 4.73. The molecule has 7 heteroatoms. The number of amides is 1. The van der Waals surface area contributed by atoms with Gasteiger partial charge in [0.2, 0.25) is 0 Å². The Balaban J connectivity index is 2.32. The number of aliphatic hydroxyl groups is 1. The van der Waals surface area contributed by atoms with Gasteiger partial charge < -0.3 is 19.5 Å². The van der Waals surface area contributed by atoms with Crippen molar-refractivity contribution in [2.75, 3.05) is 20.8 Å². The van der Waals surface area contributed by atoms with Crippen LogP contribution < -0.4 is 4.74 Å². The number of nitrogens with zero attached hydrogens (tertiary/aromatic N) is 1. The van der Waals surface area contributed by atoms with Crippen LogP contribution in [0.15, 0.2) is 22.7 Å². The Labute approximate surface area is 130 Å². The van der Waals surface area contributed by atoms with Crippen molar-refractivity contribution in [2.45, 2.75) is 18.6 Å². The molecule has 0 bridgehead atoms. The van der Waals surface area contributed by atoms with Crippen LogP contribution in [-0.4, -0.2) is 54.8 Å². The van der Waals surface area contributed by atoms with Crippen molar-refractivity contribution in [3.63, 3.8) is 0 Å². The van der Waals surface area contributed by atoms with Crippen LogP contribution >= 0.6 is 15.9 Å². The lowest BCUT2D eigenvalue weighted by Gasteiger charge is -2.23. The molecule has 1 aromatic carbocycles. The third-order valence-electron chi connectivity index (χ3n) is 3.42. The fourth-order valence-electron chi connectivity index (χ4n) is 2.35. The Kier molecular flexibility index (Phi) is 4.84. The summed E-state index contributed by atoms with van der Waals surface area (Å²) >= 11 is 3.31. The van der Waals surface area contributed by atoms with Gasteiger partial charge in [-0.2, -0.15) is 0 Å². The highest BCUT2D eigenvalue weighted by atomic mass is 79.9. The molecule has 1 fully saturated rings. The van der Waals surface area contributed by atoms with Crippen molar-refractivity contribution in [3.05, 3.63) is 28.2 Å². The summed E-state index contributed by atoms with van der Waals surface area (Å²) in [5.74, 6) is -0.345. The summed E-state index contributed by atoms with van der Waals surface area (Å²) in [6.07, 6.45) is -0.553. The molecule has 2 unspecified atom stereocenters. The number of aliphatic hydroxyl groups excluding tert-OH is 1. The maximum atomic E-state index is 12.6. The molecule has 2 rings (SSSR count). The number of methoxy groups -OCH3 is 2. The Morgan fingerprint density at radius 1 is 1.38 bits per heavy atom. The summed E-state index contributed by atoms with van der Waals surface area (Å²) in [4.78, 5) is 25.7. The monoisotopic (exact) mass is 357 g/mol. The van der Waals surface area contributed by atoms with E-state index < -0.39 is 18.1 Å². The van der Waals surface area contributed by atoms with E-state index in [0.29, 0.717) is 15.8 Å². The summed E-state index contributed by atoms with van der Waals surface area (Å²) in [6.45, 7) is 0.0995. The van der Waals surface area contributed by atoms with E-state index >= 15 is 0 Å². The van der Waals surface area contributed by atoms with Crippen LogP contribution in [0.2, 0.25) is 0 Å². The Morgan fingerprint density at radius 2 is 2.10 bits per heavy atom. The lowest BCUT2D eigenvalue weighted by Crippen LogP contribution is -2.41. The summed E-state index contributed by atoms with van der Waals surface area (Å²) in [7, 11) is 2.77. The topological polar surface area (TPSA) is 76.1 Å². The summed E-state index contributed by atoms with van der Waals surface area (Å²) in [6, 6.07) is 4.24. The number of β-amino-alcohol motifs (C(OH)–C–C–N with tert-alkyl or cyclic N) is 1. The highest BCUT2D eigenvalue weighted by molar-refractivity contribution is 9.10. The molecule has 1 aromatic rings. The van der Waals surface area contributed by atoms with Crippen LogP contribution in [-0.2, 0) is 9.53 Å². The number of hydrogen-bond donors (Lipinski definition) is 1. The molecule has 2 atom stereocenters. The predicted molar refractivity (Wildman–Crippen MR) is 78.2 cm³/mol. The van der Waals surface area contributed by atoms with Crippen LogP contribution in [0.1, 0.15) is 16.8 Å². The van der Waals surface area contributed by atoms with Gasteiger partial charge in [0.1, 0.15) is 11.8 Å². The molecule has 6 nitrogen and oxygen atoms in total. The Hall–Kier alpha value is -1.60. The lowest BCUT2D eigenvalue weighted by atomic mass is 10.1. The van der Waals surface area contributed by atoms with Gasteiger partial charge in [0.25, 0.3) is 5.91 Å². The molecule has 114 valence electrons. The average molecular weight is 358 g/mol. The fraction of sp³-hybridized carbons (Fsp3) is 0.429. The molecule has 0 radical (unpaired) electrons. The summed E-state index contributed by atoms with van der Waals surface area (Å²) < 4.78 is 10.4. The van der Waals surface area contributed by atoms with E-state index in [1.807, 2.05) is 0 Å². The number of carbonyl (C=O) groups excluding carboxylic acids is 2. The highest BCUT2D eigenvalue weighted by Crippen LogP contribution is 2.27. The number of halogens is 1. The van der Waals surface area contributed by atoms with E-state index in [4.69, 9.17) is 9.47 Å². The Bertz CT molecular complexity index is 562. The molecule has 0 aliphatic carbocycles. The quantitative estimate of drug-likeness (QED) is 0.822. The molecule has 1 aliphatic rings. The molecule has 1 saturated heterocycles. The van der Waals surface area contributed by atoms with Gasteiger partial charge in [-0.25, -0.2) is 4.79 Å². The molecule has 1 amide bonds. The minimum Gasteiger partial charge on any atom is -0.497 e. The van der Waals surface area contributed by atoms with Gasteiger partial charge in [-0.3, -0.25) is 4.79 Å². The van der Waals surface area contributed by atoms with Crippen LogP contribution in [0.3, 0.4) is 0 Å². The minimum absolute atomic E-state index is 0.0995. The van der Waals surface area contributed by atoms with E-state index in [9.17, 15) is 14.7 Å². The van der Waals surface area contributed by atoms with Crippen LogP contribution in [0.4, 0.5) is 0 Å². The first-order valence-electron chi connectivity index (χ1n) is 6.38. The molecule has 0 saturated carbocycles. The molecular weight excluding hydrogens is 342 g/mol. The average Bonchev–Trinajstić information content (AvgIpc) is 2.88. The third kappa shape index (κ3) is 3.19. The van der Waals surface area contributed by atoms with Crippen molar-refractivity contribution in [3.8, 4) is 5.75 Å². The third-order valence-corrected chi connectivity index (χ3v) is 4.11. The smallest absolute Gasteiger partial charge is 0.328 e. The van der Waals surface area contributed by atoms with Crippen molar-refractivity contribution < 1.29 is 24.2 Å². The second kappa shape index (κ2) is 6.44. The first-order valence-corrected chi connectivity index (χ1v) is 7.17. The van der Waals surface area contributed by atoms with Crippen LogP contribution in [0.5, 0.6) is 5.75 Å². The number of ether oxygens (including phenoxy) is 2. The fourth-order valence-corrected chi connectivity index (χ4v) is 2.76. The highest BCUT2D eigenvalue weighted by Gasteiger charge is 2.40. The first kappa shape index (κ1) is 15.8. The minimum atomic E-state index is -0.768. The summed E-state index contributed by atoms with van der Waals surface area (Å²) in [5.41, 5.74) is 0.373. The van der Waals surface area contributed by atoms with E-state index in [1.54, 1.807) is 18.2 Å². The van der Waals surface area contributed by atoms with Crippen LogP contribution in [0.25, 0.3) is 0 Å². The van der Waals surface area contributed by atoms with E-state index in [1.165, 1.54) is 19.1 Å². The largest absolute Gasteiger partial charge is 0.497 e. The molecular formula is C14H16BrNO5.